The van der Waals surface area contributed by atoms with Crippen molar-refractivity contribution in [2.24, 2.45) is 5.14 Å². The van der Waals surface area contributed by atoms with Crippen molar-refractivity contribution in [2.45, 2.75) is 37.7 Å². The molecule has 1 amide bonds. The molecule has 1 aliphatic rings. The number of likely N-dealkylation sites (tertiary alicyclic amines) is 1. The number of hydrogen-bond donors (Lipinski definition) is 1. The molecular weight excluding hydrogens is 312 g/mol. The highest BCUT2D eigenvalue weighted by Crippen LogP contribution is 2.27. The molecule has 2 rings (SSSR count). The van der Waals surface area contributed by atoms with Crippen LogP contribution in [0.2, 0.25) is 0 Å². The zero-order valence-electron chi connectivity index (χ0n) is 12.2. The molecule has 8 heteroatoms. The zero-order valence-corrected chi connectivity index (χ0v) is 13.8. The Bertz CT molecular complexity index is 622. The summed E-state index contributed by atoms with van der Waals surface area (Å²) in [5.74, 6) is -0.151. The number of ether oxygens (including phenoxy) is 1. The van der Waals surface area contributed by atoms with E-state index >= 15 is 0 Å². The Hall–Kier alpha value is -0.960. The van der Waals surface area contributed by atoms with Crippen LogP contribution >= 0.6 is 11.3 Å². The molecule has 1 atom stereocenters. The minimum Gasteiger partial charge on any atom is -0.377 e. The highest BCUT2D eigenvalue weighted by molar-refractivity contribution is 7.89. The molecule has 1 saturated heterocycles. The van der Waals surface area contributed by atoms with Gasteiger partial charge in [0.15, 0.2) is 0 Å². The lowest BCUT2D eigenvalue weighted by atomic mass is 10.1. The van der Waals surface area contributed by atoms with Crippen molar-refractivity contribution in [1.82, 2.24) is 4.90 Å². The third-order valence-corrected chi connectivity index (χ3v) is 5.66. The van der Waals surface area contributed by atoms with Gasteiger partial charge in [-0.3, -0.25) is 4.79 Å². The largest absolute Gasteiger partial charge is 0.377 e. The quantitative estimate of drug-likeness (QED) is 0.901. The zero-order chi connectivity index (χ0) is 15.6. The van der Waals surface area contributed by atoms with Crippen LogP contribution in [-0.4, -0.2) is 45.0 Å². The summed E-state index contributed by atoms with van der Waals surface area (Å²) in [6.45, 7) is 5.43. The van der Waals surface area contributed by atoms with Gasteiger partial charge in [0.2, 0.25) is 10.0 Å². The minimum absolute atomic E-state index is 0.0363. The summed E-state index contributed by atoms with van der Waals surface area (Å²) in [6.07, 6.45) is 1.90. The summed E-state index contributed by atoms with van der Waals surface area (Å²) in [5.41, 5.74) is 0. The maximum atomic E-state index is 12.5. The molecule has 0 aromatic carbocycles. The van der Waals surface area contributed by atoms with Crippen LogP contribution < -0.4 is 5.14 Å². The lowest BCUT2D eigenvalue weighted by Gasteiger charge is -2.32. The molecule has 0 saturated carbocycles. The summed E-state index contributed by atoms with van der Waals surface area (Å²) in [7, 11) is -3.78. The van der Waals surface area contributed by atoms with Crippen molar-refractivity contribution in [1.29, 1.82) is 0 Å². The van der Waals surface area contributed by atoms with Crippen LogP contribution in [0.1, 0.15) is 34.3 Å². The van der Waals surface area contributed by atoms with Crippen LogP contribution in [0.15, 0.2) is 11.0 Å². The molecule has 118 valence electrons. The molecule has 21 heavy (non-hydrogen) atoms. The molecule has 1 aliphatic heterocycles. The Morgan fingerprint density at radius 3 is 2.86 bits per heavy atom. The number of thiophene rings is 1. The van der Waals surface area contributed by atoms with Crippen molar-refractivity contribution in [3.63, 3.8) is 0 Å². The van der Waals surface area contributed by atoms with E-state index in [2.05, 4.69) is 0 Å². The van der Waals surface area contributed by atoms with E-state index in [0.29, 0.717) is 29.5 Å². The first-order chi connectivity index (χ1) is 9.82. The van der Waals surface area contributed by atoms with Gasteiger partial charge in [0.05, 0.1) is 15.9 Å². The van der Waals surface area contributed by atoms with Crippen molar-refractivity contribution in [3.8, 4) is 0 Å². The van der Waals surface area contributed by atoms with Crippen LogP contribution in [0, 0.1) is 6.92 Å². The van der Waals surface area contributed by atoms with Gasteiger partial charge in [-0.1, -0.05) is 0 Å². The normalized spacial score (nSPS) is 19.8. The Morgan fingerprint density at radius 1 is 1.57 bits per heavy atom. The van der Waals surface area contributed by atoms with E-state index in [-0.39, 0.29) is 16.9 Å². The van der Waals surface area contributed by atoms with Gasteiger partial charge in [-0.2, -0.15) is 0 Å². The highest BCUT2D eigenvalue weighted by atomic mass is 32.2. The summed E-state index contributed by atoms with van der Waals surface area (Å²) in [6, 6.07) is 1.38. The fourth-order valence-corrected chi connectivity index (χ4v) is 4.62. The minimum atomic E-state index is -3.78. The Morgan fingerprint density at radius 2 is 2.29 bits per heavy atom. The van der Waals surface area contributed by atoms with Crippen LogP contribution in [-0.2, 0) is 14.8 Å². The van der Waals surface area contributed by atoms with E-state index in [4.69, 9.17) is 9.88 Å². The number of sulfonamides is 1. The summed E-state index contributed by atoms with van der Waals surface area (Å²) in [4.78, 5) is 15.2. The third-order valence-electron chi connectivity index (χ3n) is 3.46. The van der Waals surface area contributed by atoms with Gasteiger partial charge < -0.3 is 9.64 Å². The number of nitrogens with zero attached hydrogens (tertiary/aromatic N) is 1. The predicted octanol–water partition coefficient (Wildman–Crippen LogP) is 1.35. The molecule has 0 bridgehead atoms. The first kappa shape index (κ1) is 16.4. The third kappa shape index (κ3) is 3.82. The van der Waals surface area contributed by atoms with E-state index < -0.39 is 10.0 Å². The fraction of sp³-hybridized carbons (Fsp3) is 0.615. The average molecular weight is 332 g/mol. The van der Waals surface area contributed by atoms with Gasteiger partial charge >= 0.3 is 0 Å². The molecule has 1 aromatic rings. The monoisotopic (exact) mass is 332 g/mol. The number of primary sulfonamides is 1. The number of carbonyl (C=O) groups is 1. The van der Waals surface area contributed by atoms with Crippen molar-refractivity contribution in [2.75, 3.05) is 19.7 Å². The molecule has 6 nitrogen and oxygen atoms in total. The number of aryl methyl sites for hydroxylation is 1. The lowest BCUT2D eigenvalue weighted by molar-refractivity contribution is 0.00741. The van der Waals surface area contributed by atoms with E-state index in [1.807, 2.05) is 6.92 Å². The molecule has 1 unspecified atom stereocenters. The van der Waals surface area contributed by atoms with Crippen molar-refractivity contribution >= 4 is 27.3 Å². The first-order valence-electron chi connectivity index (χ1n) is 6.87. The van der Waals surface area contributed by atoms with Crippen LogP contribution in [0.5, 0.6) is 0 Å². The van der Waals surface area contributed by atoms with E-state index in [1.54, 1.807) is 11.8 Å². The van der Waals surface area contributed by atoms with Gasteiger partial charge in [-0.05, 0) is 32.8 Å². The van der Waals surface area contributed by atoms with Crippen LogP contribution in [0.3, 0.4) is 0 Å². The standard InChI is InChI=1S/C13H20N2O4S2/c1-3-19-10-5-4-6-15(8-10)13(16)11-7-12(9(2)20-11)21(14,17)18/h7,10H,3-6,8H2,1-2H3,(H2,14,17,18). The molecule has 0 aliphatic carbocycles. The van der Waals surface area contributed by atoms with E-state index in [1.165, 1.54) is 17.4 Å². The van der Waals surface area contributed by atoms with Gasteiger partial charge in [-0.15, -0.1) is 11.3 Å². The molecule has 2 heterocycles. The molecule has 1 fully saturated rings. The summed E-state index contributed by atoms with van der Waals surface area (Å²) >= 11 is 1.17. The Balaban J connectivity index is 2.17. The smallest absolute Gasteiger partial charge is 0.264 e. The van der Waals surface area contributed by atoms with Gasteiger partial charge in [0.1, 0.15) is 0 Å². The topological polar surface area (TPSA) is 89.7 Å². The lowest BCUT2D eigenvalue weighted by Crippen LogP contribution is -2.43. The number of piperidine rings is 1. The van der Waals surface area contributed by atoms with Gasteiger partial charge in [-0.25, -0.2) is 13.6 Å². The molecule has 2 N–H and O–H groups in total. The van der Waals surface area contributed by atoms with Crippen molar-refractivity contribution in [3.05, 3.63) is 15.8 Å². The number of nitrogens with two attached hydrogens (primary N) is 1. The SMILES string of the molecule is CCOC1CCCN(C(=O)c2cc(S(N)(=O)=O)c(C)s2)C1. The maximum Gasteiger partial charge on any atom is 0.264 e. The average Bonchev–Trinajstić information content (AvgIpc) is 2.81. The number of hydrogen-bond acceptors (Lipinski definition) is 5. The highest BCUT2D eigenvalue weighted by Gasteiger charge is 2.27. The number of rotatable bonds is 4. The molecule has 0 radical (unpaired) electrons. The second kappa shape index (κ2) is 6.43. The van der Waals surface area contributed by atoms with Crippen LogP contribution in [0.4, 0.5) is 0 Å². The predicted molar refractivity (Wildman–Crippen MR) is 81.0 cm³/mol. The number of carbonyl (C=O) groups excluding carboxylic acids is 1. The van der Waals surface area contributed by atoms with Gasteiger partial charge in [0.25, 0.3) is 5.91 Å². The fourth-order valence-electron chi connectivity index (χ4n) is 2.50. The Labute approximate surface area is 128 Å². The maximum absolute atomic E-state index is 12.5. The van der Waals surface area contributed by atoms with Crippen LogP contribution in [0.25, 0.3) is 0 Å². The van der Waals surface area contributed by atoms with E-state index in [9.17, 15) is 13.2 Å². The molecule has 0 spiro atoms. The van der Waals surface area contributed by atoms with Gasteiger partial charge in [0, 0.05) is 24.6 Å². The second-order valence-corrected chi connectivity index (χ2v) is 7.83. The summed E-state index contributed by atoms with van der Waals surface area (Å²) < 4.78 is 28.5. The van der Waals surface area contributed by atoms with Crippen molar-refractivity contribution < 1.29 is 17.9 Å². The second-order valence-electron chi connectivity index (χ2n) is 5.05. The summed E-state index contributed by atoms with van der Waals surface area (Å²) in [5, 5.41) is 5.15. The molecule has 1 aromatic heterocycles. The molecular formula is C13H20N2O4S2. The number of amides is 1. The Kier molecular flexibility index (Phi) is 5.03. The first-order valence-corrected chi connectivity index (χ1v) is 9.23. The van der Waals surface area contributed by atoms with E-state index in [0.717, 1.165) is 12.8 Å².